The molecule has 0 aromatic rings. The van der Waals surface area contributed by atoms with Crippen LogP contribution < -0.4 is 5.73 Å². The van der Waals surface area contributed by atoms with Crippen LogP contribution in [0.3, 0.4) is 0 Å². The van der Waals surface area contributed by atoms with E-state index in [1.54, 1.807) is 0 Å². The molecular weight excluding hydrogens is 186 g/mol. The first-order chi connectivity index (χ1) is 7.12. The summed E-state index contributed by atoms with van der Waals surface area (Å²) in [5.74, 6) is 0.495. The number of hydrogen-bond acceptors (Lipinski definition) is 2. The van der Waals surface area contributed by atoms with Crippen LogP contribution in [0.4, 0.5) is 0 Å². The summed E-state index contributed by atoms with van der Waals surface area (Å²) < 4.78 is 0. The first kappa shape index (κ1) is 11.4. The van der Waals surface area contributed by atoms with Crippen LogP contribution in [0.1, 0.15) is 58.3 Å². The molecule has 2 fully saturated rings. The van der Waals surface area contributed by atoms with Gasteiger partial charge in [-0.05, 0) is 38.5 Å². The molecule has 0 heterocycles. The van der Waals surface area contributed by atoms with Crippen molar-refractivity contribution >= 4 is 0 Å². The number of aliphatic hydroxyl groups is 1. The molecule has 15 heavy (non-hydrogen) atoms. The molecule has 0 amide bonds. The largest absolute Gasteiger partial charge is 0.389 e. The van der Waals surface area contributed by atoms with E-state index >= 15 is 0 Å². The molecule has 0 radical (unpaired) electrons. The summed E-state index contributed by atoms with van der Waals surface area (Å²) in [6.07, 6.45) is 9.86. The topological polar surface area (TPSA) is 46.2 Å². The normalized spacial score (nSPS) is 30.6. The van der Waals surface area contributed by atoms with Crippen LogP contribution in [0, 0.1) is 11.3 Å². The van der Waals surface area contributed by atoms with Crippen LogP contribution in [-0.4, -0.2) is 17.3 Å². The Bertz CT molecular complexity index is 209. The van der Waals surface area contributed by atoms with Crippen molar-refractivity contribution in [3.63, 3.8) is 0 Å². The van der Waals surface area contributed by atoms with Gasteiger partial charge in [-0.3, -0.25) is 0 Å². The van der Waals surface area contributed by atoms with Gasteiger partial charge in [-0.2, -0.15) is 0 Å². The third-order valence-electron chi connectivity index (χ3n) is 5.18. The summed E-state index contributed by atoms with van der Waals surface area (Å²) in [7, 11) is 0. The van der Waals surface area contributed by atoms with Crippen molar-refractivity contribution in [1.82, 2.24) is 0 Å². The highest BCUT2D eigenvalue weighted by molar-refractivity contribution is 5.05. The average molecular weight is 211 g/mol. The first-order valence-electron chi connectivity index (χ1n) is 6.55. The van der Waals surface area contributed by atoms with E-state index in [-0.39, 0.29) is 5.41 Å². The molecule has 2 heteroatoms. The highest BCUT2D eigenvalue weighted by atomic mass is 16.3. The molecule has 2 aliphatic rings. The molecule has 0 bridgehead atoms. The Kier molecular flexibility index (Phi) is 3.09. The van der Waals surface area contributed by atoms with Gasteiger partial charge in [0.15, 0.2) is 0 Å². The van der Waals surface area contributed by atoms with Crippen molar-refractivity contribution in [2.24, 2.45) is 17.1 Å². The van der Waals surface area contributed by atoms with E-state index in [1.807, 2.05) is 0 Å². The van der Waals surface area contributed by atoms with E-state index in [9.17, 15) is 5.11 Å². The summed E-state index contributed by atoms with van der Waals surface area (Å²) in [5, 5.41) is 10.8. The smallest absolute Gasteiger partial charge is 0.0715 e. The van der Waals surface area contributed by atoms with Gasteiger partial charge in [0.25, 0.3) is 0 Å². The van der Waals surface area contributed by atoms with E-state index in [4.69, 9.17) is 5.73 Å². The van der Waals surface area contributed by atoms with Gasteiger partial charge in [-0.15, -0.1) is 0 Å². The zero-order valence-electron chi connectivity index (χ0n) is 9.97. The molecule has 2 aliphatic carbocycles. The Balaban J connectivity index is 2.09. The Morgan fingerprint density at radius 2 is 1.80 bits per heavy atom. The van der Waals surface area contributed by atoms with Crippen LogP contribution in [0.15, 0.2) is 0 Å². The zero-order chi connectivity index (χ0) is 10.9. The Hall–Kier alpha value is -0.0800. The van der Waals surface area contributed by atoms with E-state index < -0.39 is 5.60 Å². The molecule has 2 nitrogen and oxygen atoms in total. The second-order valence-electron chi connectivity index (χ2n) is 5.82. The van der Waals surface area contributed by atoms with Gasteiger partial charge >= 0.3 is 0 Å². The van der Waals surface area contributed by atoms with Gasteiger partial charge < -0.3 is 10.8 Å². The predicted octanol–water partition coefficient (Wildman–Crippen LogP) is 2.45. The summed E-state index contributed by atoms with van der Waals surface area (Å²) in [6, 6.07) is 0. The molecule has 3 N–H and O–H groups in total. The Morgan fingerprint density at radius 1 is 1.20 bits per heavy atom. The third-order valence-corrected chi connectivity index (χ3v) is 5.18. The van der Waals surface area contributed by atoms with Gasteiger partial charge in [0, 0.05) is 12.0 Å². The fourth-order valence-electron chi connectivity index (χ4n) is 3.62. The molecule has 0 aromatic carbocycles. The minimum atomic E-state index is -0.513. The molecule has 2 saturated carbocycles. The van der Waals surface area contributed by atoms with Crippen molar-refractivity contribution in [3.05, 3.63) is 0 Å². The van der Waals surface area contributed by atoms with Crippen molar-refractivity contribution in [3.8, 4) is 0 Å². The number of nitrogens with two attached hydrogens (primary N) is 1. The summed E-state index contributed by atoms with van der Waals surface area (Å²) in [4.78, 5) is 0. The minimum absolute atomic E-state index is 0.0506. The molecule has 0 saturated heterocycles. The van der Waals surface area contributed by atoms with Crippen LogP contribution in [0.5, 0.6) is 0 Å². The summed E-state index contributed by atoms with van der Waals surface area (Å²) in [5.41, 5.74) is 5.44. The molecule has 1 atom stereocenters. The standard InChI is InChI=1S/C13H25NO/c1-12(15,11-6-3-2-4-7-11)13(10-14)8-5-9-13/h11,15H,2-10,14H2,1H3. The van der Waals surface area contributed by atoms with E-state index in [0.717, 1.165) is 12.8 Å². The Labute approximate surface area is 93.2 Å². The maximum atomic E-state index is 10.8. The van der Waals surface area contributed by atoms with E-state index in [1.165, 1.54) is 38.5 Å². The lowest BCUT2D eigenvalue weighted by atomic mass is 9.54. The fraction of sp³-hybridized carbons (Fsp3) is 1.00. The van der Waals surface area contributed by atoms with Gasteiger partial charge in [0.05, 0.1) is 5.60 Å². The second-order valence-corrected chi connectivity index (χ2v) is 5.82. The lowest BCUT2D eigenvalue weighted by molar-refractivity contribution is -0.153. The quantitative estimate of drug-likeness (QED) is 0.753. The van der Waals surface area contributed by atoms with Crippen molar-refractivity contribution in [2.45, 2.75) is 63.9 Å². The zero-order valence-corrected chi connectivity index (χ0v) is 9.97. The average Bonchev–Trinajstić information content (AvgIpc) is 2.18. The predicted molar refractivity (Wildman–Crippen MR) is 62.5 cm³/mol. The highest BCUT2D eigenvalue weighted by Gasteiger charge is 2.53. The lowest BCUT2D eigenvalue weighted by Crippen LogP contribution is -2.58. The third kappa shape index (κ3) is 1.72. The van der Waals surface area contributed by atoms with Crippen LogP contribution in [0.2, 0.25) is 0 Å². The van der Waals surface area contributed by atoms with Gasteiger partial charge in [-0.25, -0.2) is 0 Å². The molecular formula is C13H25NO. The SMILES string of the molecule is CC(O)(C1CCCCC1)C1(CN)CCC1. The van der Waals surface area contributed by atoms with Gasteiger partial charge in [0.2, 0.25) is 0 Å². The molecule has 2 rings (SSSR count). The highest BCUT2D eigenvalue weighted by Crippen LogP contribution is 2.53. The number of rotatable bonds is 3. The van der Waals surface area contributed by atoms with Crippen molar-refractivity contribution < 1.29 is 5.11 Å². The van der Waals surface area contributed by atoms with Crippen molar-refractivity contribution in [2.75, 3.05) is 6.54 Å². The molecule has 0 aromatic heterocycles. The molecule has 0 aliphatic heterocycles. The molecule has 0 spiro atoms. The Morgan fingerprint density at radius 3 is 2.20 bits per heavy atom. The lowest BCUT2D eigenvalue weighted by Gasteiger charge is -2.55. The minimum Gasteiger partial charge on any atom is -0.389 e. The fourth-order valence-corrected chi connectivity index (χ4v) is 3.62. The maximum Gasteiger partial charge on any atom is 0.0715 e. The molecule has 1 unspecified atom stereocenters. The van der Waals surface area contributed by atoms with Crippen molar-refractivity contribution in [1.29, 1.82) is 0 Å². The maximum absolute atomic E-state index is 10.8. The monoisotopic (exact) mass is 211 g/mol. The van der Waals surface area contributed by atoms with Gasteiger partial charge in [-0.1, -0.05) is 25.7 Å². The van der Waals surface area contributed by atoms with Crippen LogP contribution in [-0.2, 0) is 0 Å². The van der Waals surface area contributed by atoms with Crippen LogP contribution >= 0.6 is 0 Å². The number of hydrogen-bond donors (Lipinski definition) is 2. The van der Waals surface area contributed by atoms with E-state index in [0.29, 0.717) is 12.5 Å². The summed E-state index contributed by atoms with van der Waals surface area (Å²) in [6.45, 7) is 2.71. The molecule has 88 valence electrons. The van der Waals surface area contributed by atoms with Gasteiger partial charge in [0.1, 0.15) is 0 Å². The van der Waals surface area contributed by atoms with E-state index in [2.05, 4.69) is 6.92 Å². The van der Waals surface area contributed by atoms with Crippen LogP contribution in [0.25, 0.3) is 0 Å². The summed E-state index contributed by atoms with van der Waals surface area (Å²) >= 11 is 0. The first-order valence-corrected chi connectivity index (χ1v) is 6.55. The second kappa shape index (κ2) is 4.06.